The first kappa shape index (κ1) is 14.1. The monoisotopic (exact) mass is 288 g/mol. The summed E-state index contributed by atoms with van der Waals surface area (Å²) in [7, 11) is 0. The first-order valence-electron chi connectivity index (χ1n) is 7.38. The molecule has 1 aromatic rings. The van der Waals surface area contributed by atoms with E-state index in [2.05, 4.69) is 17.4 Å². The number of aliphatic carboxylic acids is 1. The molecule has 5 nitrogen and oxygen atoms in total. The second-order valence-corrected chi connectivity index (χ2v) is 6.04. The molecule has 0 saturated carbocycles. The number of hydrogen-bond donors (Lipinski definition) is 2. The van der Waals surface area contributed by atoms with Gasteiger partial charge in [-0.25, -0.2) is 0 Å². The number of benzene rings is 1. The fourth-order valence-corrected chi connectivity index (χ4v) is 3.06. The van der Waals surface area contributed by atoms with Crippen LogP contribution in [0.4, 0.5) is 0 Å². The number of hydrogen-bond acceptors (Lipinski definition) is 3. The van der Waals surface area contributed by atoms with Gasteiger partial charge in [0.25, 0.3) is 0 Å². The second-order valence-electron chi connectivity index (χ2n) is 6.04. The lowest BCUT2D eigenvalue weighted by atomic mass is 9.86. The minimum Gasteiger partial charge on any atom is -0.481 e. The summed E-state index contributed by atoms with van der Waals surface area (Å²) in [5.41, 5.74) is 2.48. The SMILES string of the molecule is CC(C(=O)O)C1CN(C(=O)C2Cc3ccccc3CN2)C1. The minimum atomic E-state index is -0.781. The van der Waals surface area contributed by atoms with Gasteiger partial charge in [0.2, 0.25) is 5.91 Å². The van der Waals surface area contributed by atoms with Crippen LogP contribution in [0.15, 0.2) is 24.3 Å². The number of likely N-dealkylation sites (tertiary alicyclic amines) is 1. The lowest BCUT2D eigenvalue weighted by molar-refractivity contribution is -0.151. The van der Waals surface area contributed by atoms with E-state index in [1.54, 1.807) is 11.8 Å². The van der Waals surface area contributed by atoms with Crippen molar-refractivity contribution in [3.05, 3.63) is 35.4 Å². The largest absolute Gasteiger partial charge is 0.481 e. The van der Waals surface area contributed by atoms with E-state index < -0.39 is 5.97 Å². The molecule has 3 rings (SSSR count). The van der Waals surface area contributed by atoms with Gasteiger partial charge >= 0.3 is 5.97 Å². The Bertz CT molecular complexity index is 566. The quantitative estimate of drug-likeness (QED) is 0.866. The summed E-state index contributed by atoms with van der Waals surface area (Å²) in [5.74, 6) is -0.980. The van der Waals surface area contributed by atoms with Crippen molar-refractivity contribution in [1.82, 2.24) is 10.2 Å². The Balaban J connectivity index is 1.58. The van der Waals surface area contributed by atoms with Crippen LogP contribution in [0.5, 0.6) is 0 Å². The van der Waals surface area contributed by atoms with Crippen molar-refractivity contribution in [2.75, 3.05) is 13.1 Å². The van der Waals surface area contributed by atoms with Gasteiger partial charge in [0.15, 0.2) is 0 Å². The average molecular weight is 288 g/mol. The van der Waals surface area contributed by atoms with E-state index in [0.29, 0.717) is 19.5 Å². The highest BCUT2D eigenvalue weighted by Crippen LogP contribution is 2.26. The van der Waals surface area contributed by atoms with Crippen LogP contribution in [0.1, 0.15) is 18.1 Å². The van der Waals surface area contributed by atoms with E-state index in [4.69, 9.17) is 5.11 Å². The molecule has 1 saturated heterocycles. The fourth-order valence-electron chi connectivity index (χ4n) is 3.06. The van der Waals surface area contributed by atoms with Crippen LogP contribution in [0.2, 0.25) is 0 Å². The van der Waals surface area contributed by atoms with Gasteiger partial charge in [-0.15, -0.1) is 0 Å². The van der Waals surface area contributed by atoms with E-state index in [1.165, 1.54) is 11.1 Å². The number of fused-ring (bicyclic) bond motifs is 1. The van der Waals surface area contributed by atoms with Crippen molar-refractivity contribution in [2.45, 2.75) is 25.9 Å². The molecule has 2 atom stereocenters. The molecule has 0 aliphatic carbocycles. The number of carbonyl (C=O) groups excluding carboxylic acids is 1. The zero-order valence-corrected chi connectivity index (χ0v) is 12.1. The van der Waals surface area contributed by atoms with E-state index in [1.807, 2.05) is 12.1 Å². The third-order valence-electron chi connectivity index (χ3n) is 4.70. The summed E-state index contributed by atoms with van der Waals surface area (Å²) in [6.45, 7) is 3.55. The van der Waals surface area contributed by atoms with E-state index in [0.717, 1.165) is 6.54 Å². The summed E-state index contributed by atoms with van der Waals surface area (Å²) in [6, 6.07) is 7.98. The molecule has 112 valence electrons. The van der Waals surface area contributed by atoms with Crippen molar-refractivity contribution < 1.29 is 14.7 Å². The maximum absolute atomic E-state index is 12.4. The van der Waals surface area contributed by atoms with Crippen LogP contribution in [0.25, 0.3) is 0 Å². The van der Waals surface area contributed by atoms with E-state index in [-0.39, 0.29) is 23.8 Å². The van der Waals surface area contributed by atoms with Crippen molar-refractivity contribution in [1.29, 1.82) is 0 Å². The van der Waals surface area contributed by atoms with Crippen molar-refractivity contribution in [3.63, 3.8) is 0 Å². The molecule has 2 heterocycles. The van der Waals surface area contributed by atoms with Gasteiger partial charge in [0, 0.05) is 25.6 Å². The molecule has 1 aromatic carbocycles. The lowest BCUT2D eigenvalue weighted by Crippen LogP contribution is -2.59. The maximum atomic E-state index is 12.4. The smallest absolute Gasteiger partial charge is 0.306 e. The molecule has 0 aromatic heterocycles. The molecular formula is C16H20N2O3. The summed E-state index contributed by atoms with van der Waals surface area (Å²) in [6.07, 6.45) is 0.713. The highest BCUT2D eigenvalue weighted by Gasteiger charge is 2.39. The zero-order valence-electron chi connectivity index (χ0n) is 12.1. The molecule has 5 heteroatoms. The number of carbonyl (C=O) groups is 2. The van der Waals surface area contributed by atoms with E-state index in [9.17, 15) is 9.59 Å². The first-order valence-corrected chi connectivity index (χ1v) is 7.38. The third kappa shape index (κ3) is 2.65. The number of carboxylic acids is 1. The molecule has 2 aliphatic heterocycles. The molecule has 1 amide bonds. The summed E-state index contributed by atoms with van der Waals surface area (Å²) >= 11 is 0. The predicted molar refractivity (Wildman–Crippen MR) is 77.6 cm³/mol. The highest BCUT2D eigenvalue weighted by molar-refractivity contribution is 5.83. The molecular weight excluding hydrogens is 268 g/mol. The molecule has 21 heavy (non-hydrogen) atoms. The third-order valence-corrected chi connectivity index (χ3v) is 4.70. The van der Waals surface area contributed by atoms with Gasteiger partial charge in [-0.1, -0.05) is 31.2 Å². The van der Waals surface area contributed by atoms with Gasteiger partial charge in [0.05, 0.1) is 12.0 Å². The number of nitrogens with zero attached hydrogens (tertiary/aromatic N) is 1. The molecule has 0 radical (unpaired) electrons. The van der Waals surface area contributed by atoms with Crippen LogP contribution in [-0.4, -0.2) is 41.0 Å². The van der Waals surface area contributed by atoms with Crippen molar-refractivity contribution in [2.24, 2.45) is 11.8 Å². The van der Waals surface area contributed by atoms with Crippen LogP contribution in [0, 0.1) is 11.8 Å². The minimum absolute atomic E-state index is 0.0855. The average Bonchev–Trinajstić information content (AvgIpc) is 2.44. The molecule has 1 fully saturated rings. The molecule has 0 spiro atoms. The van der Waals surface area contributed by atoms with Gasteiger partial charge < -0.3 is 15.3 Å². The Morgan fingerprint density at radius 1 is 1.29 bits per heavy atom. The van der Waals surface area contributed by atoms with Gasteiger partial charge in [-0.3, -0.25) is 9.59 Å². The van der Waals surface area contributed by atoms with Crippen LogP contribution in [-0.2, 0) is 22.6 Å². The highest BCUT2D eigenvalue weighted by atomic mass is 16.4. The Hall–Kier alpha value is -1.88. The van der Waals surface area contributed by atoms with Crippen LogP contribution < -0.4 is 5.32 Å². The Morgan fingerprint density at radius 2 is 1.95 bits per heavy atom. The van der Waals surface area contributed by atoms with Crippen LogP contribution >= 0.6 is 0 Å². The molecule has 2 unspecified atom stereocenters. The fraction of sp³-hybridized carbons (Fsp3) is 0.500. The van der Waals surface area contributed by atoms with Gasteiger partial charge in [0.1, 0.15) is 0 Å². The maximum Gasteiger partial charge on any atom is 0.306 e. The van der Waals surface area contributed by atoms with Crippen LogP contribution in [0.3, 0.4) is 0 Å². The van der Waals surface area contributed by atoms with Gasteiger partial charge in [-0.05, 0) is 17.5 Å². The first-order chi connectivity index (χ1) is 10.1. The summed E-state index contributed by atoms with van der Waals surface area (Å²) in [5, 5.41) is 12.3. The number of amides is 1. The summed E-state index contributed by atoms with van der Waals surface area (Å²) < 4.78 is 0. The number of rotatable bonds is 3. The lowest BCUT2D eigenvalue weighted by Gasteiger charge is -2.43. The number of nitrogens with one attached hydrogen (secondary N) is 1. The topological polar surface area (TPSA) is 69.6 Å². The van der Waals surface area contributed by atoms with E-state index >= 15 is 0 Å². The Labute approximate surface area is 123 Å². The van der Waals surface area contributed by atoms with Crippen molar-refractivity contribution >= 4 is 11.9 Å². The normalized spacial score (nSPS) is 23.1. The molecule has 0 bridgehead atoms. The standard InChI is InChI=1S/C16H20N2O3/c1-10(16(20)21)13-8-18(9-13)15(19)14-6-11-4-2-3-5-12(11)7-17-14/h2-5,10,13-14,17H,6-9H2,1H3,(H,20,21). The second kappa shape index (κ2) is 5.48. The Morgan fingerprint density at radius 3 is 2.62 bits per heavy atom. The molecule has 2 N–H and O–H groups in total. The summed E-state index contributed by atoms with van der Waals surface area (Å²) in [4.78, 5) is 25.2. The van der Waals surface area contributed by atoms with Gasteiger partial charge in [-0.2, -0.15) is 0 Å². The van der Waals surface area contributed by atoms with Crippen molar-refractivity contribution in [3.8, 4) is 0 Å². The predicted octanol–water partition coefficient (Wildman–Crippen LogP) is 0.880. The molecule has 2 aliphatic rings. The Kier molecular flexibility index (Phi) is 3.68. The number of carboxylic acid groups (broad SMARTS) is 1. The zero-order chi connectivity index (χ0) is 15.0.